The molecule has 0 aliphatic heterocycles. The number of nitrogens with zero attached hydrogens (tertiary/aromatic N) is 3. The van der Waals surface area contributed by atoms with Gasteiger partial charge in [-0.25, -0.2) is 4.52 Å². The number of hydrogen-bond acceptors (Lipinski definition) is 6. The molecule has 4 N–H and O–H groups in total. The number of halogens is 3. The molecule has 38 heavy (non-hydrogen) atoms. The predicted molar refractivity (Wildman–Crippen MR) is 143 cm³/mol. The van der Waals surface area contributed by atoms with E-state index in [1.54, 1.807) is 24.4 Å². The van der Waals surface area contributed by atoms with Gasteiger partial charge in [0.1, 0.15) is 5.25 Å². The van der Waals surface area contributed by atoms with E-state index >= 15 is 0 Å². The molecule has 2 aromatic heterocycles. The summed E-state index contributed by atoms with van der Waals surface area (Å²) in [6, 6.07) is 25.3. The number of rotatable bonds is 7. The van der Waals surface area contributed by atoms with Gasteiger partial charge in [0.2, 0.25) is 11.9 Å². The number of para-hydroxylation sites is 1. The second-order valence-corrected chi connectivity index (χ2v) is 9.06. The number of fused-ring (bicyclic) bond motifs is 1. The molecule has 0 aliphatic rings. The first-order chi connectivity index (χ1) is 18.3. The van der Waals surface area contributed by atoms with Crippen molar-refractivity contribution in [1.29, 1.82) is 0 Å². The number of anilines is 3. The summed E-state index contributed by atoms with van der Waals surface area (Å²) in [5, 5.41) is 15.1. The summed E-state index contributed by atoms with van der Waals surface area (Å²) in [5.74, 6) is -0.185. The second-order valence-electron chi connectivity index (χ2n) is 8.32. The smallest absolute Gasteiger partial charge is 0.325 e. The quantitative estimate of drug-likeness (QED) is 0.208. The lowest BCUT2D eigenvalue weighted by Crippen LogP contribution is -2.20. The molecule has 2 heterocycles. The first kappa shape index (κ1) is 25.3. The molecule has 3 aromatic carbocycles. The molecular weight excluding hydrogens is 513 g/mol. The molecule has 1 amide bonds. The van der Waals surface area contributed by atoms with Crippen molar-refractivity contribution in [1.82, 2.24) is 14.6 Å². The van der Waals surface area contributed by atoms with E-state index in [2.05, 4.69) is 20.7 Å². The Bertz CT molecular complexity index is 1570. The topological polar surface area (TPSA) is 97.3 Å². The second kappa shape index (κ2) is 10.6. The van der Waals surface area contributed by atoms with Crippen LogP contribution in [0.4, 0.5) is 30.5 Å². The largest absolute Gasteiger partial charge is 0.418 e. The van der Waals surface area contributed by atoms with Crippen molar-refractivity contribution in [2.45, 2.75) is 11.4 Å². The van der Waals surface area contributed by atoms with E-state index in [-0.39, 0.29) is 17.5 Å². The fraction of sp³-hybridized carbons (Fsp3) is 0.0741. The van der Waals surface area contributed by atoms with Crippen molar-refractivity contribution in [3.8, 4) is 11.1 Å². The Balaban J connectivity index is 1.32. The van der Waals surface area contributed by atoms with Gasteiger partial charge >= 0.3 is 6.18 Å². The summed E-state index contributed by atoms with van der Waals surface area (Å²) in [4.78, 5) is 17.0. The molecular formula is C27H21F3N6OS. The van der Waals surface area contributed by atoms with Crippen molar-refractivity contribution in [2.75, 3.05) is 10.6 Å². The van der Waals surface area contributed by atoms with Gasteiger partial charge in [0.25, 0.3) is 0 Å². The summed E-state index contributed by atoms with van der Waals surface area (Å²) in [6.45, 7) is 0. The van der Waals surface area contributed by atoms with E-state index in [0.29, 0.717) is 11.3 Å². The van der Waals surface area contributed by atoms with Crippen LogP contribution in [0, 0.1) is 0 Å². The Morgan fingerprint density at radius 1 is 0.895 bits per heavy atom. The average molecular weight is 535 g/mol. The van der Waals surface area contributed by atoms with Crippen LogP contribution in [0.25, 0.3) is 16.8 Å². The number of nitrogens with one attached hydrogen (secondary N) is 2. The highest BCUT2D eigenvalue weighted by molar-refractivity contribution is 7.98. The van der Waals surface area contributed by atoms with Crippen LogP contribution in [0.3, 0.4) is 0 Å². The summed E-state index contributed by atoms with van der Waals surface area (Å²) >= 11 is 0.967. The highest BCUT2D eigenvalue weighted by Crippen LogP contribution is 2.35. The van der Waals surface area contributed by atoms with Crippen molar-refractivity contribution < 1.29 is 18.0 Å². The monoisotopic (exact) mass is 534 g/mol. The summed E-state index contributed by atoms with van der Waals surface area (Å²) in [7, 11) is 0. The number of carbonyl (C=O) groups is 1. The number of alkyl halides is 3. The molecule has 0 spiro atoms. The minimum atomic E-state index is -4.51. The van der Waals surface area contributed by atoms with Crippen LogP contribution < -0.4 is 15.8 Å². The maximum absolute atomic E-state index is 13.3. The van der Waals surface area contributed by atoms with Gasteiger partial charge < -0.3 is 10.6 Å². The van der Waals surface area contributed by atoms with Gasteiger partial charge in [0, 0.05) is 17.4 Å². The minimum Gasteiger partial charge on any atom is -0.325 e. The molecule has 7 nitrogen and oxygen atoms in total. The normalized spacial score (nSPS) is 12.3. The highest BCUT2D eigenvalue weighted by atomic mass is 32.2. The van der Waals surface area contributed by atoms with Gasteiger partial charge in [-0.1, -0.05) is 66.5 Å². The lowest BCUT2D eigenvalue weighted by molar-refractivity contribution is -0.136. The van der Waals surface area contributed by atoms with Gasteiger partial charge in [-0.3, -0.25) is 9.93 Å². The number of carbonyl (C=O) groups excluding carboxylic acids is 1. The first-order valence-electron chi connectivity index (χ1n) is 11.4. The lowest BCUT2D eigenvalue weighted by Gasteiger charge is -2.14. The van der Waals surface area contributed by atoms with Crippen LogP contribution in [0.5, 0.6) is 0 Å². The maximum atomic E-state index is 13.3. The third-order valence-electron chi connectivity index (χ3n) is 5.77. The maximum Gasteiger partial charge on any atom is 0.418 e. The first-order valence-corrected chi connectivity index (χ1v) is 12.4. The summed E-state index contributed by atoms with van der Waals surface area (Å²) in [5.41, 5.74) is 2.63. The molecule has 0 bridgehead atoms. The van der Waals surface area contributed by atoms with E-state index in [9.17, 15) is 18.0 Å². The molecule has 192 valence electrons. The zero-order valence-corrected chi connectivity index (χ0v) is 20.5. The molecule has 5 rings (SSSR count). The van der Waals surface area contributed by atoms with Gasteiger partial charge in [0.15, 0.2) is 5.65 Å². The average Bonchev–Trinajstić information content (AvgIpc) is 3.31. The number of nitrogens with two attached hydrogens (primary N) is 1. The SMILES string of the molecule is NSC(C(=O)Nc1ccc(-c2ccc3nc(Nc4ccccc4C(F)(F)F)nn3c2)cc1)c1ccccc1. The number of amides is 1. The lowest BCUT2D eigenvalue weighted by atomic mass is 10.1. The Kier molecular flexibility index (Phi) is 7.03. The number of aromatic nitrogens is 3. The third kappa shape index (κ3) is 5.48. The number of pyridine rings is 1. The number of benzene rings is 3. The van der Waals surface area contributed by atoms with Crippen LogP contribution in [0.2, 0.25) is 0 Å². The molecule has 0 fully saturated rings. The van der Waals surface area contributed by atoms with Gasteiger partial charge in [-0.15, -0.1) is 5.10 Å². The highest BCUT2D eigenvalue weighted by Gasteiger charge is 2.33. The van der Waals surface area contributed by atoms with Gasteiger partial charge in [-0.05, 0) is 47.5 Å². The van der Waals surface area contributed by atoms with E-state index in [1.165, 1.54) is 22.7 Å². The van der Waals surface area contributed by atoms with E-state index < -0.39 is 17.0 Å². The molecule has 1 unspecified atom stereocenters. The Labute approximate surface area is 220 Å². The van der Waals surface area contributed by atoms with Crippen molar-refractivity contribution in [3.05, 3.63) is 108 Å². The zero-order chi connectivity index (χ0) is 26.7. The molecule has 0 saturated carbocycles. The standard InChI is InChI=1S/C27H21F3N6OS/c28-27(29,30)21-8-4-5-9-22(21)33-26-34-23-15-12-19(16-36(23)35-26)17-10-13-20(14-11-17)32-25(37)24(38-31)18-6-2-1-3-7-18/h1-16,24H,31H2,(H,32,37)(H,33,35). The van der Waals surface area contributed by atoms with Crippen molar-refractivity contribution in [3.63, 3.8) is 0 Å². The molecule has 5 aromatic rings. The third-order valence-corrected chi connectivity index (χ3v) is 6.53. The van der Waals surface area contributed by atoms with E-state index in [1.807, 2.05) is 48.5 Å². The summed E-state index contributed by atoms with van der Waals surface area (Å²) in [6.07, 6.45) is -2.78. The summed E-state index contributed by atoms with van der Waals surface area (Å²) < 4.78 is 41.4. The number of hydrogen-bond donors (Lipinski definition) is 3. The van der Waals surface area contributed by atoms with Crippen LogP contribution in [-0.4, -0.2) is 20.5 Å². The van der Waals surface area contributed by atoms with Crippen molar-refractivity contribution in [2.24, 2.45) is 5.14 Å². The molecule has 0 saturated heterocycles. The molecule has 1 atom stereocenters. The fourth-order valence-corrected chi connectivity index (χ4v) is 4.44. The van der Waals surface area contributed by atoms with Gasteiger partial charge in [0.05, 0.1) is 11.3 Å². The minimum absolute atomic E-state index is 0.0441. The van der Waals surface area contributed by atoms with Crippen LogP contribution in [0.15, 0.2) is 97.2 Å². The van der Waals surface area contributed by atoms with E-state index in [4.69, 9.17) is 5.14 Å². The molecule has 11 heteroatoms. The van der Waals surface area contributed by atoms with Crippen LogP contribution in [0.1, 0.15) is 16.4 Å². The van der Waals surface area contributed by atoms with E-state index in [0.717, 1.165) is 34.7 Å². The van der Waals surface area contributed by atoms with Crippen LogP contribution >= 0.6 is 11.9 Å². The molecule has 0 radical (unpaired) electrons. The Morgan fingerprint density at radius 2 is 1.58 bits per heavy atom. The Morgan fingerprint density at radius 3 is 2.29 bits per heavy atom. The molecule has 0 aliphatic carbocycles. The fourth-order valence-electron chi connectivity index (χ4n) is 3.94. The van der Waals surface area contributed by atoms with Crippen molar-refractivity contribution >= 4 is 40.8 Å². The Hall–Kier alpha value is -4.35. The zero-order valence-electron chi connectivity index (χ0n) is 19.7. The predicted octanol–water partition coefficient (Wildman–Crippen LogP) is 6.45. The van der Waals surface area contributed by atoms with Crippen LogP contribution in [-0.2, 0) is 11.0 Å². The van der Waals surface area contributed by atoms with Gasteiger partial charge in [-0.2, -0.15) is 18.2 Å².